The van der Waals surface area contributed by atoms with E-state index in [1.807, 2.05) is 36.5 Å². The number of hydrogen-bond donors (Lipinski definition) is 1. The summed E-state index contributed by atoms with van der Waals surface area (Å²) in [6.45, 7) is 6.02. The Labute approximate surface area is 132 Å². The second-order valence-corrected chi connectivity index (χ2v) is 5.88. The Hall–Kier alpha value is -2.07. The minimum absolute atomic E-state index is 0.0195. The van der Waals surface area contributed by atoms with Gasteiger partial charge in [-0.1, -0.05) is 26.0 Å². The van der Waals surface area contributed by atoms with Crippen LogP contribution in [0.2, 0.25) is 0 Å². The summed E-state index contributed by atoms with van der Waals surface area (Å²) in [6.07, 6.45) is 1.82. The number of pyridine rings is 1. The monoisotopic (exact) mass is 300 g/mol. The fourth-order valence-corrected chi connectivity index (χ4v) is 2.37. The zero-order valence-corrected chi connectivity index (χ0v) is 13.7. The van der Waals surface area contributed by atoms with Gasteiger partial charge in [0, 0.05) is 24.7 Å². The van der Waals surface area contributed by atoms with Gasteiger partial charge in [-0.25, -0.2) is 0 Å². The molecule has 0 amide bonds. The van der Waals surface area contributed by atoms with Crippen LogP contribution in [0.5, 0.6) is 11.5 Å². The van der Waals surface area contributed by atoms with Crippen molar-refractivity contribution in [3.63, 3.8) is 0 Å². The van der Waals surface area contributed by atoms with Gasteiger partial charge >= 0.3 is 0 Å². The third kappa shape index (κ3) is 3.98. The van der Waals surface area contributed by atoms with Crippen molar-refractivity contribution in [1.82, 2.24) is 10.3 Å². The van der Waals surface area contributed by atoms with Crippen LogP contribution in [0.3, 0.4) is 0 Å². The molecule has 118 valence electrons. The Balaban J connectivity index is 2.03. The van der Waals surface area contributed by atoms with Crippen molar-refractivity contribution in [1.29, 1.82) is 0 Å². The van der Waals surface area contributed by atoms with Gasteiger partial charge < -0.3 is 14.8 Å². The van der Waals surface area contributed by atoms with Gasteiger partial charge in [0.05, 0.1) is 19.9 Å². The minimum atomic E-state index is -0.0195. The molecule has 22 heavy (non-hydrogen) atoms. The predicted molar refractivity (Wildman–Crippen MR) is 88.5 cm³/mol. The number of benzene rings is 1. The van der Waals surface area contributed by atoms with E-state index < -0.39 is 0 Å². The second-order valence-electron chi connectivity index (χ2n) is 5.88. The first-order chi connectivity index (χ1) is 10.6. The fourth-order valence-electron chi connectivity index (χ4n) is 2.37. The Bertz CT molecular complexity index is 597. The van der Waals surface area contributed by atoms with Crippen LogP contribution < -0.4 is 14.8 Å². The highest BCUT2D eigenvalue weighted by molar-refractivity contribution is 5.45. The van der Waals surface area contributed by atoms with Crippen LogP contribution in [0.4, 0.5) is 0 Å². The predicted octanol–water partition coefficient (Wildman–Crippen LogP) is 3.17. The van der Waals surface area contributed by atoms with Gasteiger partial charge in [-0.2, -0.15) is 0 Å². The van der Waals surface area contributed by atoms with Gasteiger partial charge in [0.1, 0.15) is 0 Å². The molecule has 1 N–H and O–H groups in total. The van der Waals surface area contributed by atoms with Gasteiger partial charge in [0.2, 0.25) is 0 Å². The number of aromatic nitrogens is 1. The lowest BCUT2D eigenvalue weighted by Gasteiger charge is -2.26. The molecule has 2 rings (SSSR count). The number of nitrogens with one attached hydrogen (secondary N) is 1. The van der Waals surface area contributed by atoms with E-state index in [4.69, 9.17) is 9.47 Å². The van der Waals surface area contributed by atoms with E-state index in [1.54, 1.807) is 14.2 Å². The first-order valence-corrected chi connectivity index (χ1v) is 7.40. The average molecular weight is 300 g/mol. The van der Waals surface area contributed by atoms with Crippen LogP contribution in [0.1, 0.15) is 25.1 Å². The summed E-state index contributed by atoms with van der Waals surface area (Å²) in [5, 5.41) is 3.47. The van der Waals surface area contributed by atoms with Crippen molar-refractivity contribution in [2.75, 3.05) is 20.8 Å². The van der Waals surface area contributed by atoms with Gasteiger partial charge in [0.25, 0.3) is 0 Å². The molecule has 0 aliphatic heterocycles. The minimum Gasteiger partial charge on any atom is -0.493 e. The Morgan fingerprint density at radius 2 is 1.82 bits per heavy atom. The van der Waals surface area contributed by atoms with Gasteiger partial charge in [-0.15, -0.1) is 0 Å². The molecule has 1 heterocycles. The lowest BCUT2D eigenvalue weighted by atomic mass is 9.84. The maximum Gasteiger partial charge on any atom is 0.161 e. The Kier molecular flexibility index (Phi) is 5.39. The molecule has 4 heteroatoms. The number of hydrogen-bond acceptors (Lipinski definition) is 4. The number of methoxy groups -OCH3 is 2. The molecule has 0 unspecified atom stereocenters. The highest BCUT2D eigenvalue weighted by Crippen LogP contribution is 2.32. The van der Waals surface area contributed by atoms with E-state index in [9.17, 15) is 0 Å². The first kappa shape index (κ1) is 16.3. The van der Waals surface area contributed by atoms with Crippen LogP contribution in [0, 0.1) is 0 Å². The summed E-state index contributed by atoms with van der Waals surface area (Å²) >= 11 is 0. The van der Waals surface area contributed by atoms with E-state index >= 15 is 0 Å². The average Bonchev–Trinajstić information content (AvgIpc) is 2.55. The zero-order chi connectivity index (χ0) is 16.0. The lowest BCUT2D eigenvalue weighted by Crippen LogP contribution is -2.32. The second kappa shape index (κ2) is 7.27. The molecule has 0 saturated carbocycles. The summed E-state index contributed by atoms with van der Waals surface area (Å²) in [5.74, 6) is 1.52. The summed E-state index contributed by atoms with van der Waals surface area (Å²) in [6, 6.07) is 12.0. The van der Waals surface area contributed by atoms with Gasteiger partial charge in [0.15, 0.2) is 11.5 Å². The molecule has 0 saturated heterocycles. The molecular weight excluding hydrogens is 276 g/mol. The molecule has 0 bridgehead atoms. The summed E-state index contributed by atoms with van der Waals surface area (Å²) in [7, 11) is 3.31. The number of rotatable bonds is 7. The van der Waals surface area contributed by atoms with Crippen molar-refractivity contribution in [2.24, 2.45) is 0 Å². The standard InChI is InChI=1S/C18H24N2O2/c1-18(2,13-19-12-15-7-5-6-10-20-15)14-8-9-16(21-3)17(11-14)22-4/h5-11,19H,12-13H2,1-4H3. The Morgan fingerprint density at radius 1 is 1.05 bits per heavy atom. The Morgan fingerprint density at radius 3 is 2.45 bits per heavy atom. The molecule has 0 aliphatic carbocycles. The fraction of sp³-hybridized carbons (Fsp3) is 0.389. The molecule has 0 spiro atoms. The zero-order valence-electron chi connectivity index (χ0n) is 13.7. The quantitative estimate of drug-likeness (QED) is 0.853. The molecule has 1 aromatic carbocycles. The first-order valence-electron chi connectivity index (χ1n) is 7.40. The number of nitrogens with zero attached hydrogens (tertiary/aromatic N) is 1. The highest BCUT2D eigenvalue weighted by Gasteiger charge is 2.22. The molecule has 0 aliphatic rings. The number of ether oxygens (including phenoxy) is 2. The summed E-state index contributed by atoms with van der Waals surface area (Å²) in [4.78, 5) is 4.32. The molecule has 0 atom stereocenters. The van der Waals surface area contributed by atoms with E-state index in [0.29, 0.717) is 0 Å². The van der Waals surface area contributed by atoms with Crippen molar-refractivity contribution < 1.29 is 9.47 Å². The van der Waals surface area contributed by atoms with Crippen LogP contribution in [0.15, 0.2) is 42.6 Å². The highest BCUT2D eigenvalue weighted by atomic mass is 16.5. The normalized spacial score (nSPS) is 11.3. The van der Waals surface area contributed by atoms with E-state index in [0.717, 1.165) is 30.3 Å². The summed E-state index contributed by atoms with van der Waals surface area (Å²) < 4.78 is 10.7. The summed E-state index contributed by atoms with van der Waals surface area (Å²) in [5.41, 5.74) is 2.23. The molecule has 0 radical (unpaired) electrons. The van der Waals surface area contributed by atoms with Crippen molar-refractivity contribution in [3.05, 3.63) is 53.9 Å². The van der Waals surface area contributed by atoms with Gasteiger partial charge in [-0.05, 0) is 29.8 Å². The topological polar surface area (TPSA) is 43.4 Å². The van der Waals surface area contributed by atoms with Crippen molar-refractivity contribution in [3.8, 4) is 11.5 Å². The smallest absolute Gasteiger partial charge is 0.161 e. The molecular formula is C18H24N2O2. The van der Waals surface area contributed by atoms with Crippen LogP contribution in [-0.4, -0.2) is 25.7 Å². The third-order valence-electron chi connectivity index (χ3n) is 3.76. The van der Waals surface area contributed by atoms with Crippen LogP contribution in [0.25, 0.3) is 0 Å². The lowest BCUT2D eigenvalue weighted by molar-refractivity contribution is 0.352. The van der Waals surface area contributed by atoms with E-state index in [2.05, 4.69) is 30.2 Å². The third-order valence-corrected chi connectivity index (χ3v) is 3.76. The van der Waals surface area contributed by atoms with Crippen molar-refractivity contribution >= 4 is 0 Å². The molecule has 1 aromatic heterocycles. The molecule has 0 fully saturated rings. The van der Waals surface area contributed by atoms with E-state index in [-0.39, 0.29) is 5.41 Å². The van der Waals surface area contributed by atoms with Gasteiger partial charge in [-0.3, -0.25) is 4.98 Å². The van der Waals surface area contributed by atoms with Crippen molar-refractivity contribution in [2.45, 2.75) is 25.8 Å². The van der Waals surface area contributed by atoms with E-state index in [1.165, 1.54) is 5.56 Å². The molecule has 2 aromatic rings. The van der Waals surface area contributed by atoms with Crippen LogP contribution >= 0.6 is 0 Å². The largest absolute Gasteiger partial charge is 0.493 e. The maximum atomic E-state index is 5.39. The maximum absolute atomic E-state index is 5.39. The molecule has 4 nitrogen and oxygen atoms in total. The SMILES string of the molecule is COc1ccc(C(C)(C)CNCc2ccccn2)cc1OC. The van der Waals surface area contributed by atoms with Crippen LogP contribution in [-0.2, 0) is 12.0 Å².